The van der Waals surface area contributed by atoms with Crippen molar-refractivity contribution in [2.75, 3.05) is 13.2 Å². The monoisotopic (exact) mass is 374 g/mol. The Hall–Kier alpha value is -2.04. The Bertz CT molecular complexity index is 607. The van der Waals surface area contributed by atoms with Gasteiger partial charge in [-0.25, -0.2) is 5.43 Å². The van der Waals surface area contributed by atoms with E-state index in [4.69, 9.17) is 9.47 Å². The molecule has 0 heterocycles. The van der Waals surface area contributed by atoms with Crippen LogP contribution in [0.25, 0.3) is 0 Å². The first-order chi connectivity index (χ1) is 12.9. The average molecular weight is 375 g/mol. The third kappa shape index (κ3) is 7.61. The van der Waals surface area contributed by atoms with Gasteiger partial charge in [-0.05, 0) is 67.7 Å². The van der Waals surface area contributed by atoms with Crippen LogP contribution in [0.5, 0.6) is 11.5 Å². The molecule has 0 unspecified atom stereocenters. The van der Waals surface area contributed by atoms with E-state index >= 15 is 0 Å². The number of nitrogens with zero attached hydrogens (tertiary/aromatic N) is 1. The van der Waals surface area contributed by atoms with Gasteiger partial charge in [0.05, 0.1) is 6.61 Å². The van der Waals surface area contributed by atoms with E-state index < -0.39 is 0 Å². The summed E-state index contributed by atoms with van der Waals surface area (Å²) in [5.41, 5.74) is 4.05. The van der Waals surface area contributed by atoms with Crippen molar-refractivity contribution in [2.24, 2.45) is 16.4 Å². The lowest BCUT2D eigenvalue weighted by atomic mass is 9.72. The molecular weight excluding hydrogens is 340 g/mol. The predicted octanol–water partition coefficient (Wildman–Crippen LogP) is 4.95. The number of ether oxygens (including phenoxy) is 2. The lowest BCUT2D eigenvalue weighted by Crippen LogP contribution is -2.29. The minimum Gasteiger partial charge on any atom is -0.494 e. The maximum absolute atomic E-state index is 12.0. The van der Waals surface area contributed by atoms with E-state index in [1.807, 2.05) is 24.3 Å². The maximum Gasteiger partial charge on any atom is 0.277 e. The quantitative estimate of drug-likeness (QED) is 0.517. The van der Waals surface area contributed by atoms with Crippen molar-refractivity contribution in [1.29, 1.82) is 0 Å². The van der Waals surface area contributed by atoms with Crippen molar-refractivity contribution < 1.29 is 14.3 Å². The molecular formula is C22H34N2O3. The van der Waals surface area contributed by atoms with Gasteiger partial charge in [0.15, 0.2) is 6.61 Å². The number of carbonyl (C=O) groups excluding carboxylic acids is 1. The number of hydrogen-bond acceptors (Lipinski definition) is 4. The Morgan fingerprint density at radius 3 is 2.26 bits per heavy atom. The second kappa shape index (κ2) is 10.3. The first kappa shape index (κ1) is 21.3. The second-order valence-electron chi connectivity index (χ2n) is 8.32. The third-order valence-corrected chi connectivity index (χ3v) is 5.09. The van der Waals surface area contributed by atoms with Crippen LogP contribution in [-0.4, -0.2) is 24.8 Å². The highest BCUT2D eigenvalue weighted by atomic mass is 16.5. The second-order valence-corrected chi connectivity index (χ2v) is 8.32. The van der Waals surface area contributed by atoms with E-state index in [0.717, 1.165) is 62.5 Å². The van der Waals surface area contributed by atoms with E-state index in [-0.39, 0.29) is 12.5 Å². The number of nitrogens with one attached hydrogen (secondary N) is 1. The van der Waals surface area contributed by atoms with Crippen LogP contribution in [0.2, 0.25) is 0 Å². The van der Waals surface area contributed by atoms with Gasteiger partial charge >= 0.3 is 0 Å². The standard InChI is InChI=1S/C22H34N2O3/c1-5-6-15-26-19-11-13-20(14-12-19)27-16-21(25)24-23-18-9-7-17(8-10-18)22(2,3)4/h11-14,17H,5-10,15-16H2,1-4H3,(H,24,25). The first-order valence-corrected chi connectivity index (χ1v) is 10.1. The maximum atomic E-state index is 12.0. The fourth-order valence-electron chi connectivity index (χ4n) is 3.22. The summed E-state index contributed by atoms with van der Waals surface area (Å²) in [5, 5.41) is 4.28. The lowest BCUT2D eigenvalue weighted by Gasteiger charge is -2.34. The molecule has 27 heavy (non-hydrogen) atoms. The Morgan fingerprint density at radius 1 is 1.11 bits per heavy atom. The molecule has 0 aliphatic heterocycles. The molecule has 1 fully saturated rings. The smallest absolute Gasteiger partial charge is 0.277 e. The van der Waals surface area contributed by atoms with Crippen molar-refractivity contribution >= 4 is 11.6 Å². The van der Waals surface area contributed by atoms with Crippen LogP contribution in [0.1, 0.15) is 66.2 Å². The normalized spacial score (nSPS) is 17.3. The summed E-state index contributed by atoms with van der Waals surface area (Å²) in [4.78, 5) is 12.0. The zero-order valence-corrected chi connectivity index (χ0v) is 17.2. The molecule has 0 saturated heterocycles. The Balaban J connectivity index is 1.69. The van der Waals surface area contributed by atoms with Gasteiger partial charge in [0, 0.05) is 5.71 Å². The summed E-state index contributed by atoms with van der Waals surface area (Å²) in [7, 11) is 0. The lowest BCUT2D eigenvalue weighted by molar-refractivity contribution is -0.123. The van der Waals surface area contributed by atoms with Gasteiger partial charge in [-0.15, -0.1) is 0 Å². The highest BCUT2D eigenvalue weighted by Gasteiger charge is 2.28. The molecule has 1 aliphatic rings. The molecule has 150 valence electrons. The Morgan fingerprint density at radius 2 is 1.70 bits per heavy atom. The largest absolute Gasteiger partial charge is 0.494 e. The van der Waals surface area contributed by atoms with Gasteiger partial charge in [-0.3, -0.25) is 4.79 Å². The minimum atomic E-state index is -0.233. The molecule has 1 N–H and O–H groups in total. The summed E-state index contributed by atoms with van der Waals surface area (Å²) in [6, 6.07) is 7.34. The van der Waals surface area contributed by atoms with Gasteiger partial charge < -0.3 is 9.47 Å². The van der Waals surface area contributed by atoms with E-state index in [0.29, 0.717) is 11.2 Å². The molecule has 2 rings (SSSR count). The third-order valence-electron chi connectivity index (χ3n) is 5.09. The van der Waals surface area contributed by atoms with Gasteiger partial charge in [0.1, 0.15) is 11.5 Å². The zero-order valence-electron chi connectivity index (χ0n) is 17.2. The molecule has 5 heteroatoms. The number of rotatable bonds is 8. The van der Waals surface area contributed by atoms with E-state index in [1.165, 1.54) is 0 Å². The fourth-order valence-corrected chi connectivity index (χ4v) is 3.22. The number of carbonyl (C=O) groups is 1. The van der Waals surface area contributed by atoms with E-state index in [1.54, 1.807) is 0 Å². The topological polar surface area (TPSA) is 59.9 Å². The molecule has 0 atom stereocenters. The zero-order chi connectivity index (χ0) is 19.7. The molecule has 0 radical (unpaired) electrons. The molecule has 1 aromatic rings. The SMILES string of the molecule is CCCCOc1ccc(OCC(=O)NN=C2CCC(C(C)(C)C)CC2)cc1. The van der Waals surface area contributed by atoms with Gasteiger partial charge in [0.25, 0.3) is 5.91 Å². The van der Waals surface area contributed by atoms with Crippen LogP contribution < -0.4 is 14.9 Å². The molecule has 5 nitrogen and oxygen atoms in total. The molecule has 0 aromatic heterocycles. The van der Waals surface area contributed by atoms with Gasteiger partial charge in [0.2, 0.25) is 0 Å². The Kier molecular flexibility index (Phi) is 8.14. The van der Waals surface area contributed by atoms with Crippen molar-refractivity contribution in [3.8, 4) is 11.5 Å². The summed E-state index contributed by atoms with van der Waals surface area (Å²) >= 11 is 0. The number of hydrazone groups is 1. The van der Waals surface area contributed by atoms with Crippen LogP contribution in [0, 0.1) is 11.3 Å². The van der Waals surface area contributed by atoms with Gasteiger partial charge in [-0.2, -0.15) is 5.10 Å². The Labute approximate surface area is 163 Å². The van der Waals surface area contributed by atoms with Crippen molar-refractivity contribution in [3.05, 3.63) is 24.3 Å². The van der Waals surface area contributed by atoms with Crippen LogP contribution in [0.3, 0.4) is 0 Å². The number of amides is 1. The summed E-state index contributed by atoms with van der Waals surface area (Å²) < 4.78 is 11.1. The molecule has 0 bridgehead atoms. The molecule has 1 aromatic carbocycles. The van der Waals surface area contributed by atoms with Crippen LogP contribution >= 0.6 is 0 Å². The fraction of sp³-hybridized carbons (Fsp3) is 0.636. The van der Waals surface area contributed by atoms with Crippen LogP contribution in [0.4, 0.5) is 0 Å². The highest BCUT2D eigenvalue weighted by Crippen LogP contribution is 2.36. The van der Waals surface area contributed by atoms with E-state index in [9.17, 15) is 4.79 Å². The highest BCUT2D eigenvalue weighted by molar-refractivity contribution is 5.87. The molecule has 1 amide bonds. The summed E-state index contributed by atoms with van der Waals surface area (Å²) in [6.45, 7) is 9.69. The molecule has 1 saturated carbocycles. The summed E-state index contributed by atoms with van der Waals surface area (Å²) in [6.07, 6.45) is 6.35. The van der Waals surface area contributed by atoms with Crippen molar-refractivity contribution in [1.82, 2.24) is 5.43 Å². The first-order valence-electron chi connectivity index (χ1n) is 10.1. The summed E-state index contributed by atoms with van der Waals surface area (Å²) in [5.74, 6) is 1.96. The van der Waals surface area contributed by atoms with Crippen molar-refractivity contribution in [2.45, 2.75) is 66.2 Å². The van der Waals surface area contributed by atoms with Crippen LogP contribution in [0.15, 0.2) is 29.4 Å². The van der Waals surface area contributed by atoms with Gasteiger partial charge in [-0.1, -0.05) is 34.1 Å². The number of unbranched alkanes of at least 4 members (excludes halogenated alkanes) is 1. The number of hydrogen-bond donors (Lipinski definition) is 1. The predicted molar refractivity (Wildman–Crippen MR) is 109 cm³/mol. The van der Waals surface area contributed by atoms with Crippen LogP contribution in [-0.2, 0) is 4.79 Å². The molecule has 0 spiro atoms. The minimum absolute atomic E-state index is 0.0442. The average Bonchev–Trinajstić information content (AvgIpc) is 2.65. The molecule has 1 aliphatic carbocycles. The van der Waals surface area contributed by atoms with Crippen molar-refractivity contribution in [3.63, 3.8) is 0 Å². The number of benzene rings is 1. The van der Waals surface area contributed by atoms with E-state index in [2.05, 4.69) is 38.2 Å².